The van der Waals surface area contributed by atoms with Gasteiger partial charge < -0.3 is 0 Å². The van der Waals surface area contributed by atoms with Crippen LogP contribution in [0, 0.1) is 11.8 Å². The van der Waals surface area contributed by atoms with Crippen molar-refractivity contribution in [3.63, 3.8) is 0 Å². The molecule has 2 aromatic rings. The van der Waals surface area contributed by atoms with E-state index in [-0.39, 0.29) is 16.5 Å². The molecule has 0 saturated carbocycles. The number of hydrogen-bond donors (Lipinski definition) is 0. The molecule has 0 saturated heterocycles. The maximum Gasteiger partial charge on any atom is 0.135 e. The summed E-state index contributed by atoms with van der Waals surface area (Å²) in [6.07, 6.45) is 80.2. The molecule has 0 N–H and O–H groups in total. The van der Waals surface area contributed by atoms with Crippen LogP contribution in [0.5, 0.6) is 0 Å². The van der Waals surface area contributed by atoms with Crippen LogP contribution < -0.4 is 0 Å². The molecule has 2 nitrogen and oxygen atoms in total. The first-order chi connectivity index (χ1) is 38.2. The van der Waals surface area contributed by atoms with Crippen LogP contribution in [0.15, 0.2) is 82.8 Å². The average molecular weight is 1110 g/mol. The summed E-state index contributed by atoms with van der Waals surface area (Å²) in [6, 6.07) is 17.3. The molecular formula is C75H126N2Ni. The minimum Gasteiger partial charge on any atom is -0.251 e. The Balaban J connectivity index is 0.0000304. The summed E-state index contributed by atoms with van der Waals surface area (Å²) in [5, 5.41) is 0. The van der Waals surface area contributed by atoms with Crippen molar-refractivity contribution in [3.05, 3.63) is 84.0 Å². The molecule has 0 aliphatic rings. The molecule has 0 heterocycles. The van der Waals surface area contributed by atoms with Crippen LogP contribution in [-0.4, -0.2) is 11.4 Å². The van der Waals surface area contributed by atoms with Crippen molar-refractivity contribution in [2.45, 2.75) is 355 Å². The Morgan fingerprint density at radius 3 is 0.885 bits per heavy atom. The summed E-state index contributed by atoms with van der Waals surface area (Å²) in [6.45, 7) is 8.80. The van der Waals surface area contributed by atoms with Crippen LogP contribution in [-0.2, 0) is 29.3 Å². The molecule has 0 aromatic heterocycles. The standard InChI is InChI=1S/C75H126N2.Ni/c1-5-8-11-13-15-17-19-21-23-25-27-29-31-33-35-37-39-41-43-45-47-49-51-53-55-57-63-71-65-59-61-68-74(71)76-70(4)73(67-10-7-3)77-75-69-62-60-66-72(75)64-58-56-54-52-50-48-46-44-42-40-38-36-34-32-30-28-26-24-22-20-18-16-14-12-9-6-2;/h53-56,59-62,65-66,68-69H,5-9,11-52,57-58,63-64H2,1-4H3;. The predicted octanol–water partition coefficient (Wildman–Crippen LogP) is 25.9. The number of unbranched alkanes of at least 4 members (excludes halogenated alkanes) is 44. The van der Waals surface area contributed by atoms with Gasteiger partial charge in [0.25, 0.3) is 0 Å². The zero-order valence-electron chi connectivity index (χ0n) is 52.2. The number of benzene rings is 2. The van der Waals surface area contributed by atoms with Crippen molar-refractivity contribution in [1.82, 2.24) is 0 Å². The molecule has 0 aliphatic carbocycles. The molecule has 0 unspecified atom stereocenters. The van der Waals surface area contributed by atoms with Gasteiger partial charge in [0.1, 0.15) is 5.71 Å². The minimum absolute atomic E-state index is 0. The predicted molar refractivity (Wildman–Crippen MR) is 349 cm³/mol. The fourth-order valence-corrected chi connectivity index (χ4v) is 11.1. The number of rotatable bonds is 55. The van der Waals surface area contributed by atoms with Crippen LogP contribution in [0.4, 0.5) is 11.4 Å². The van der Waals surface area contributed by atoms with Gasteiger partial charge in [-0.05, 0) is 87.5 Å². The number of aliphatic imine (C=N–C) groups is 2. The quantitative estimate of drug-likeness (QED) is 0.0207. The number of para-hydroxylation sites is 2. The van der Waals surface area contributed by atoms with Gasteiger partial charge >= 0.3 is 0 Å². The summed E-state index contributed by atoms with van der Waals surface area (Å²) < 4.78 is 0. The molecule has 0 amide bonds. The monoisotopic (exact) mass is 1110 g/mol. The van der Waals surface area contributed by atoms with E-state index in [9.17, 15) is 0 Å². The Hall–Kier alpha value is -2.69. The van der Waals surface area contributed by atoms with Crippen molar-refractivity contribution in [3.8, 4) is 11.8 Å². The maximum absolute atomic E-state index is 5.18. The molecule has 0 fully saturated rings. The summed E-state index contributed by atoms with van der Waals surface area (Å²) in [5.74, 6) is 6.68. The van der Waals surface area contributed by atoms with E-state index < -0.39 is 0 Å². The molecule has 0 spiro atoms. The molecule has 2 rings (SSSR count). The van der Waals surface area contributed by atoms with E-state index in [4.69, 9.17) is 9.98 Å². The first-order valence-electron chi connectivity index (χ1n) is 34.3. The van der Waals surface area contributed by atoms with Gasteiger partial charge in [-0.15, -0.1) is 0 Å². The Morgan fingerprint density at radius 1 is 0.333 bits per heavy atom. The van der Waals surface area contributed by atoms with Gasteiger partial charge in [-0.2, -0.15) is 0 Å². The summed E-state index contributed by atoms with van der Waals surface area (Å²) in [5.41, 5.74) is 6.27. The van der Waals surface area contributed by atoms with Crippen LogP contribution in [0.1, 0.15) is 353 Å². The average Bonchev–Trinajstić information content (AvgIpc) is 3.44. The van der Waals surface area contributed by atoms with Gasteiger partial charge in [-0.3, -0.25) is 4.99 Å². The van der Waals surface area contributed by atoms with E-state index in [0.29, 0.717) is 0 Å². The van der Waals surface area contributed by atoms with Crippen LogP contribution in [0.25, 0.3) is 0 Å². The molecule has 2 aromatic carbocycles. The zero-order chi connectivity index (χ0) is 54.8. The van der Waals surface area contributed by atoms with Crippen LogP contribution >= 0.6 is 0 Å². The Kier molecular flexibility index (Phi) is 55.4. The van der Waals surface area contributed by atoms with Gasteiger partial charge in [0.05, 0.1) is 17.1 Å². The second-order valence-electron chi connectivity index (χ2n) is 23.5. The molecule has 0 aliphatic heterocycles. The van der Waals surface area contributed by atoms with E-state index in [2.05, 4.69) is 112 Å². The summed E-state index contributed by atoms with van der Waals surface area (Å²) in [4.78, 5) is 10.3. The fourth-order valence-electron chi connectivity index (χ4n) is 11.1. The first-order valence-corrected chi connectivity index (χ1v) is 34.3. The second kappa shape index (κ2) is 59.0. The van der Waals surface area contributed by atoms with Crippen LogP contribution in [0.2, 0.25) is 0 Å². The van der Waals surface area contributed by atoms with Crippen molar-refractivity contribution in [2.24, 2.45) is 9.98 Å². The Morgan fingerprint density at radius 2 is 0.590 bits per heavy atom. The van der Waals surface area contributed by atoms with Crippen molar-refractivity contribution < 1.29 is 16.5 Å². The zero-order valence-corrected chi connectivity index (χ0v) is 53.2. The molecular weight excluding hydrogens is 988 g/mol. The largest absolute Gasteiger partial charge is 0.251 e. The summed E-state index contributed by atoms with van der Waals surface area (Å²) in [7, 11) is 0. The Bertz CT molecular complexity index is 1770. The van der Waals surface area contributed by atoms with E-state index in [1.807, 2.05) is 0 Å². The Labute approximate surface area is 497 Å². The normalized spacial score (nSPS) is 12.0. The third kappa shape index (κ3) is 46.0. The summed E-state index contributed by atoms with van der Waals surface area (Å²) >= 11 is 0. The second-order valence-corrected chi connectivity index (χ2v) is 23.5. The van der Waals surface area contributed by atoms with Crippen molar-refractivity contribution in [2.75, 3.05) is 0 Å². The number of aryl methyl sites for hydroxylation is 2. The van der Waals surface area contributed by atoms with Gasteiger partial charge in [-0.25, -0.2) is 4.99 Å². The fraction of sp³-hybridized carbons (Fsp3) is 0.733. The van der Waals surface area contributed by atoms with Gasteiger partial charge in [0, 0.05) is 22.9 Å². The van der Waals surface area contributed by atoms with E-state index in [1.165, 1.54) is 306 Å². The molecule has 0 atom stereocenters. The SMILES string of the molecule is CCC#CC(=Nc1ccccc1CCC=CCCCCCCCCCCCCCCCCCCCCCCCC)C(C)=Nc1ccccc1CCC=CCCCCCCCCCCCCCCCCCCCCCCCC.[Ni]. The van der Waals surface area contributed by atoms with Crippen molar-refractivity contribution >= 4 is 22.8 Å². The van der Waals surface area contributed by atoms with Crippen LogP contribution in [0.3, 0.4) is 0 Å². The third-order valence-corrected chi connectivity index (χ3v) is 16.2. The molecule has 0 radical (unpaired) electrons. The molecule has 0 bridgehead atoms. The van der Waals surface area contributed by atoms with Gasteiger partial charge in [-0.1, -0.05) is 357 Å². The van der Waals surface area contributed by atoms with Gasteiger partial charge in [0.2, 0.25) is 0 Å². The van der Waals surface area contributed by atoms with E-state index in [1.54, 1.807) is 0 Å². The molecule has 78 heavy (non-hydrogen) atoms. The minimum atomic E-state index is 0. The molecule has 3 heteroatoms. The van der Waals surface area contributed by atoms with E-state index in [0.717, 1.165) is 54.9 Å². The van der Waals surface area contributed by atoms with Gasteiger partial charge in [0.15, 0.2) is 0 Å². The number of allylic oxidation sites excluding steroid dienone is 4. The topological polar surface area (TPSA) is 24.7 Å². The number of nitrogens with zero attached hydrogens (tertiary/aromatic N) is 2. The molecule has 446 valence electrons. The third-order valence-electron chi connectivity index (χ3n) is 16.2. The van der Waals surface area contributed by atoms with Crippen molar-refractivity contribution in [1.29, 1.82) is 0 Å². The smallest absolute Gasteiger partial charge is 0.135 e. The van der Waals surface area contributed by atoms with E-state index >= 15 is 0 Å². The number of hydrogen-bond acceptors (Lipinski definition) is 2. The first kappa shape index (κ1) is 73.3. The maximum atomic E-state index is 5.18.